The van der Waals surface area contributed by atoms with Crippen molar-refractivity contribution in [3.05, 3.63) is 35.0 Å². The molecular weight excluding hydrogens is 292 g/mol. The Morgan fingerprint density at radius 2 is 2.13 bits per heavy atom. The number of nitrogens with one attached hydrogen (secondary N) is 1. The van der Waals surface area contributed by atoms with Crippen LogP contribution < -0.4 is 0 Å². The van der Waals surface area contributed by atoms with Gasteiger partial charge in [-0.1, -0.05) is 6.07 Å². The van der Waals surface area contributed by atoms with Crippen molar-refractivity contribution in [3.63, 3.8) is 0 Å². The van der Waals surface area contributed by atoms with Crippen molar-refractivity contribution in [1.29, 1.82) is 0 Å². The second kappa shape index (κ2) is 6.72. The van der Waals surface area contributed by atoms with Crippen LogP contribution in [0.15, 0.2) is 18.2 Å². The maximum absolute atomic E-state index is 11.4. The molecule has 0 saturated carbocycles. The highest BCUT2D eigenvalue weighted by Crippen LogP contribution is 2.24. The van der Waals surface area contributed by atoms with E-state index >= 15 is 0 Å². The van der Waals surface area contributed by atoms with Crippen molar-refractivity contribution in [2.75, 3.05) is 26.8 Å². The Morgan fingerprint density at radius 3 is 2.83 bits per heavy atom. The summed E-state index contributed by atoms with van der Waals surface area (Å²) in [5.41, 5.74) is 3.17. The van der Waals surface area contributed by atoms with Crippen LogP contribution in [0, 0.1) is 6.92 Å². The van der Waals surface area contributed by atoms with Gasteiger partial charge in [0.05, 0.1) is 5.56 Å². The smallest absolute Gasteiger partial charge is 0.338 e. The molecule has 0 atom stereocenters. The summed E-state index contributed by atoms with van der Waals surface area (Å²) in [4.78, 5) is 17.0. The lowest BCUT2D eigenvalue weighted by atomic mass is 10.0. The molecule has 1 aromatic carbocycles. The van der Waals surface area contributed by atoms with Crippen LogP contribution in [0.5, 0.6) is 0 Å². The van der Waals surface area contributed by atoms with Crippen molar-refractivity contribution < 1.29 is 14.6 Å². The monoisotopic (exact) mass is 316 g/mol. The molecule has 1 aliphatic rings. The maximum atomic E-state index is 11.4. The van der Waals surface area contributed by atoms with E-state index in [-0.39, 0.29) is 0 Å². The van der Waals surface area contributed by atoms with Gasteiger partial charge in [-0.15, -0.1) is 0 Å². The number of carboxylic acids is 1. The van der Waals surface area contributed by atoms with E-state index in [4.69, 9.17) is 4.74 Å². The summed E-state index contributed by atoms with van der Waals surface area (Å²) >= 11 is 0. The zero-order valence-electron chi connectivity index (χ0n) is 13.8. The number of carbonyl (C=O) groups is 1. The van der Waals surface area contributed by atoms with Gasteiger partial charge in [0.15, 0.2) is 0 Å². The van der Waals surface area contributed by atoms with E-state index in [0.717, 1.165) is 49.9 Å². The molecule has 1 saturated heterocycles. The number of ether oxygens (including phenoxy) is 1. The van der Waals surface area contributed by atoms with E-state index in [1.807, 2.05) is 19.1 Å². The number of aryl methyl sites for hydroxylation is 1. The second-order valence-corrected chi connectivity index (χ2v) is 6.38. The van der Waals surface area contributed by atoms with Crippen LogP contribution in [0.3, 0.4) is 0 Å². The van der Waals surface area contributed by atoms with E-state index < -0.39 is 5.97 Å². The normalized spacial score (nSPS) is 16.3. The van der Waals surface area contributed by atoms with Crippen molar-refractivity contribution in [2.24, 2.45) is 0 Å². The molecule has 3 rings (SSSR count). The van der Waals surface area contributed by atoms with Crippen LogP contribution in [-0.4, -0.2) is 53.8 Å². The standard InChI is InChI=1S/C18H24N2O3/c1-12-17(18(21)22)15-11-13(3-4-16(15)19-12)5-8-20(2)14-6-9-23-10-7-14/h3-4,11,14,19H,5-10H2,1-2H3,(H,21,22). The topological polar surface area (TPSA) is 65.6 Å². The fraction of sp³-hybridized carbons (Fsp3) is 0.500. The van der Waals surface area contributed by atoms with Crippen LogP contribution in [-0.2, 0) is 11.2 Å². The van der Waals surface area contributed by atoms with Gasteiger partial charge in [-0.05, 0) is 50.9 Å². The molecule has 1 aromatic heterocycles. The molecule has 2 N–H and O–H groups in total. The fourth-order valence-electron chi connectivity index (χ4n) is 3.42. The van der Waals surface area contributed by atoms with E-state index in [9.17, 15) is 9.90 Å². The summed E-state index contributed by atoms with van der Waals surface area (Å²) in [5.74, 6) is -0.870. The Kier molecular flexibility index (Phi) is 4.68. The summed E-state index contributed by atoms with van der Waals surface area (Å²) in [6.07, 6.45) is 3.11. The number of nitrogens with zero attached hydrogens (tertiary/aromatic N) is 1. The second-order valence-electron chi connectivity index (χ2n) is 6.38. The number of carboxylic acid groups (broad SMARTS) is 1. The van der Waals surface area contributed by atoms with Gasteiger partial charge in [0.25, 0.3) is 0 Å². The minimum absolute atomic E-state index is 0.389. The Morgan fingerprint density at radius 1 is 1.39 bits per heavy atom. The molecule has 0 spiro atoms. The van der Waals surface area contributed by atoms with Gasteiger partial charge in [0.1, 0.15) is 0 Å². The number of fused-ring (bicyclic) bond motifs is 1. The van der Waals surface area contributed by atoms with Crippen molar-refractivity contribution in [1.82, 2.24) is 9.88 Å². The molecule has 0 aliphatic carbocycles. The number of aromatic carboxylic acids is 1. The molecule has 0 amide bonds. The highest BCUT2D eigenvalue weighted by atomic mass is 16.5. The van der Waals surface area contributed by atoms with Crippen molar-refractivity contribution >= 4 is 16.9 Å². The van der Waals surface area contributed by atoms with Gasteiger partial charge < -0.3 is 19.7 Å². The summed E-state index contributed by atoms with van der Waals surface area (Å²) in [6, 6.07) is 6.68. The van der Waals surface area contributed by atoms with E-state index in [1.165, 1.54) is 5.56 Å². The Labute approximate surface area is 136 Å². The lowest BCUT2D eigenvalue weighted by Crippen LogP contribution is -2.37. The quantitative estimate of drug-likeness (QED) is 0.890. The van der Waals surface area contributed by atoms with Crippen LogP contribution in [0.1, 0.15) is 34.5 Å². The van der Waals surface area contributed by atoms with Gasteiger partial charge in [0, 0.05) is 42.4 Å². The minimum Gasteiger partial charge on any atom is -0.478 e. The molecule has 23 heavy (non-hydrogen) atoms. The molecule has 124 valence electrons. The Balaban J connectivity index is 1.73. The molecule has 2 aromatic rings. The fourth-order valence-corrected chi connectivity index (χ4v) is 3.42. The summed E-state index contributed by atoms with van der Waals surface area (Å²) in [7, 11) is 2.16. The molecule has 1 fully saturated rings. The summed E-state index contributed by atoms with van der Waals surface area (Å²) < 4.78 is 5.41. The lowest BCUT2D eigenvalue weighted by molar-refractivity contribution is 0.0434. The number of likely N-dealkylation sites (N-methyl/N-ethyl adjacent to an activating group) is 1. The third-order valence-electron chi connectivity index (χ3n) is 4.83. The van der Waals surface area contributed by atoms with Crippen LogP contribution >= 0.6 is 0 Å². The molecule has 0 radical (unpaired) electrons. The first-order valence-electron chi connectivity index (χ1n) is 8.18. The third-order valence-corrected chi connectivity index (χ3v) is 4.83. The molecule has 0 bridgehead atoms. The number of aromatic nitrogens is 1. The SMILES string of the molecule is Cc1[nH]c2ccc(CCN(C)C3CCOCC3)cc2c1C(=O)O. The maximum Gasteiger partial charge on any atom is 0.338 e. The first-order valence-corrected chi connectivity index (χ1v) is 8.18. The Hall–Kier alpha value is -1.85. The van der Waals surface area contributed by atoms with Gasteiger partial charge >= 0.3 is 5.97 Å². The minimum atomic E-state index is -0.870. The molecule has 0 unspecified atom stereocenters. The van der Waals surface area contributed by atoms with E-state index in [1.54, 1.807) is 0 Å². The van der Waals surface area contributed by atoms with Gasteiger partial charge in [-0.3, -0.25) is 0 Å². The zero-order chi connectivity index (χ0) is 16.4. The average molecular weight is 316 g/mol. The van der Waals surface area contributed by atoms with E-state index in [0.29, 0.717) is 17.3 Å². The molecule has 5 heteroatoms. The number of benzene rings is 1. The summed E-state index contributed by atoms with van der Waals surface area (Å²) in [5, 5.41) is 10.2. The number of H-pyrrole nitrogens is 1. The molecular formula is C18H24N2O3. The highest BCUT2D eigenvalue weighted by Gasteiger charge is 2.19. The van der Waals surface area contributed by atoms with Crippen LogP contribution in [0.4, 0.5) is 0 Å². The predicted molar refractivity (Wildman–Crippen MR) is 90.2 cm³/mol. The molecule has 5 nitrogen and oxygen atoms in total. The molecule has 2 heterocycles. The van der Waals surface area contributed by atoms with Crippen LogP contribution in [0.2, 0.25) is 0 Å². The average Bonchev–Trinajstić information content (AvgIpc) is 2.88. The number of aromatic amines is 1. The van der Waals surface area contributed by atoms with Gasteiger partial charge in [0.2, 0.25) is 0 Å². The first kappa shape index (κ1) is 16.0. The molecule has 1 aliphatic heterocycles. The first-order chi connectivity index (χ1) is 11.1. The van der Waals surface area contributed by atoms with Crippen molar-refractivity contribution in [2.45, 2.75) is 32.2 Å². The highest BCUT2D eigenvalue weighted by molar-refractivity contribution is 6.04. The van der Waals surface area contributed by atoms with Gasteiger partial charge in [-0.2, -0.15) is 0 Å². The Bertz CT molecular complexity index is 702. The predicted octanol–water partition coefficient (Wildman–Crippen LogP) is 2.83. The van der Waals surface area contributed by atoms with Crippen LogP contribution in [0.25, 0.3) is 10.9 Å². The zero-order valence-corrected chi connectivity index (χ0v) is 13.8. The van der Waals surface area contributed by atoms with Gasteiger partial charge in [-0.25, -0.2) is 4.79 Å². The number of hydrogen-bond donors (Lipinski definition) is 2. The van der Waals surface area contributed by atoms with Crippen molar-refractivity contribution in [3.8, 4) is 0 Å². The summed E-state index contributed by atoms with van der Waals surface area (Å²) in [6.45, 7) is 4.49. The largest absolute Gasteiger partial charge is 0.478 e. The number of rotatable bonds is 5. The number of hydrogen-bond acceptors (Lipinski definition) is 3. The van der Waals surface area contributed by atoms with E-state index in [2.05, 4.69) is 23.0 Å². The third kappa shape index (κ3) is 3.41. The lowest BCUT2D eigenvalue weighted by Gasteiger charge is -2.31.